The Labute approximate surface area is 185 Å². The number of benzene rings is 1. The monoisotopic (exact) mass is 499 g/mol. The molecule has 1 aliphatic heterocycles. The van der Waals surface area contributed by atoms with Gasteiger partial charge in [-0.2, -0.15) is 0 Å². The van der Waals surface area contributed by atoms with Crippen molar-refractivity contribution in [1.82, 2.24) is 10.6 Å². The first-order valence-corrected chi connectivity index (χ1v) is 9.95. The summed E-state index contributed by atoms with van der Waals surface area (Å²) in [5.74, 6) is 2.19. The number of para-hydroxylation sites is 1. The van der Waals surface area contributed by atoms with Crippen LogP contribution >= 0.6 is 24.0 Å². The molecule has 2 N–H and O–H groups in total. The van der Waals surface area contributed by atoms with E-state index in [2.05, 4.69) is 55.5 Å². The number of rotatable bonds is 4. The summed E-state index contributed by atoms with van der Waals surface area (Å²) in [6, 6.07) is 10.2. The number of ether oxygens (including phenoxy) is 1. The van der Waals surface area contributed by atoms with Crippen LogP contribution < -0.4 is 10.6 Å². The van der Waals surface area contributed by atoms with Gasteiger partial charge in [-0.1, -0.05) is 39.0 Å². The molecule has 0 aliphatic carbocycles. The van der Waals surface area contributed by atoms with Gasteiger partial charge in [0.1, 0.15) is 11.3 Å². The fraction of sp³-hybridized carbons (Fsp3) is 0.591. The van der Waals surface area contributed by atoms with Gasteiger partial charge in [0, 0.05) is 31.5 Å². The van der Waals surface area contributed by atoms with Gasteiger partial charge >= 0.3 is 0 Å². The zero-order valence-corrected chi connectivity index (χ0v) is 19.9. The predicted molar refractivity (Wildman–Crippen MR) is 126 cm³/mol. The molecule has 1 fully saturated rings. The number of halogens is 1. The van der Waals surface area contributed by atoms with Crippen molar-refractivity contribution in [1.29, 1.82) is 0 Å². The number of nitrogens with zero attached hydrogens (tertiary/aromatic N) is 1. The fourth-order valence-electron chi connectivity index (χ4n) is 3.92. The summed E-state index contributed by atoms with van der Waals surface area (Å²) in [5, 5.41) is 8.06. The van der Waals surface area contributed by atoms with Crippen LogP contribution in [0.25, 0.3) is 11.0 Å². The van der Waals surface area contributed by atoms with Gasteiger partial charge in [-0.05, 0) is 37.3 Å². The third-order valence-electron chi connectivity index (χ3n) is 5.28. The Morgan fingerprint density at radius 2 is 2.04 bits per heavy atom. The Balaban J connectivity index is 0.00000280. The number of guanidine groups is 1. The normalized spacial score (nSPS) is 21.8. The average molecular weight is 499 g/mol. The third kappa shape index (κ3) is 5.63. The highest BCUT2D eigenvalue weighted by molar-refractivity contribution is 14.0. The van der Waals surface area contributed by atoms with Crippen LogP contribution in [0.5, 0.6) is 0 Å². The van der Waals surface area contributed by atoms with Crippen molar-refractivity contribution in [3.8, 4) is 0 Å². The Bertz CT molecular complexity index is 748. The van der Waals surface area contributed by atoms with Gasteiger partial charge in [-0.3, -0.25) is 4.99 Å². The lowest BCUT2D eigenvalue weighted by atomic mass is 9.78. The molecular formula is C22H34IN3O2. The van der Waals surface area contributed by atoms with Crippen molar-refractivity contribution >= 4 is 40.9 Å². The molecule has 3 rings (SSSR count). The minimum atomic E-state index is 0. The molecule has 1 saturated heterocycles. The molecule has 0 spiro atoms. The van der Waals surface area contributed by atoms with Crippen LogP contribution in [0.3, 0.4) is 0 Å². The summed E-state index contributed by atoms with van der Waals surface area (Å²) in [4.78, 5) is 4.39. The highest BCUT2D eigenvalue weighted by Gasteiger charge is 2.35. The first-order valence-electron chi connectivity index (χ1n) is 9.95. The summed E-state index contributed by atoms with van der Waals surface area (Å²) < 4.78 is 12.1. The molecule has 28 heavy (non-hydrogen) atoms. The van der Waals surface area contributed by atoms with E-state index in [1.807, 2.05) is 18.2 Å². The quantitative estimate of drug-likeness (QED) is 0.349. The maximum atomic E-state index is 6.09. The Kier molecular flexibility index (Phi) is 8.18. The fourth-order valence-corrected chi connectivity index (χ4v) is 3.92. The second-order valence-corrected chi connectivity index (χ2v) is 8.57. The minimum absolute atomic E-state index is 0. The van der Waals surface area contributed by atoms with Crippen LogP contribution in [-0.2, 0) is 4.74 Å². The van der Waals surface area contributed by atoms with Crippen molar-refractivity contribution in [2.75, 3.05) is 20.2 Å². The Morgan fingerprint density at radius 1 is 1.29 bits per heavy atom. The maximum absolute atomic E-state index is 6.09. The molecule has 1 aromatic carbocycles. The molecular weight excluding hydrogens is 465 g/mol. The summed E-state index contributed by atoms with van der Waals surface area (Å²) in [7, 11) is 1.80. The van der Waals surface area contributed by atoms with Crippen molar-refractivity contribution in [2.24, 2.45) is 16.3 Å². The first kappa shape index (κ1) is 23.0. The summed E-state index contributed by atoms with van der Waals surface area (Å²) >= 11 is 0. The highest BCUT2D eigenvalue weighted by Crippen LogP contribution is 2.33. The second-order valence-electron chi connectivity index (χ2n) is 8.57. The van der Waals surface area contributed by atoms with Crippen LogP contribution in [0, 0.1) is 11.3 Å². The largest absolute Gasteiger partial charge is 0.459 e. The van der Waals surface area contributed by atoms with Crippen LogP contribution in [0.1, 0.15) is 52.3 Å². The number of furan rings is 1. The predicted octanol–water partition coefficient (Wildman–Crippen LogP) is 5.12. The summed E-state index contributed by atoms with van der Waals surface area (Å²) in [6.45, 7) is 10.6. The van der Waals surface area contributed by atoms with Crippen LogP contribution in [0.15, 0.2) is 39.7 Å². The van der Waals surface area contributed by atoms with Gasteiger partial charge < -0.3 is 19.8 Å². The maximum Gasteiger partial charge on any atom is 0.191 e. The number of nitrogens with one attached hydrogen (secondary N) is 2. The van der Waals surface area contributed by atoms with Gasteiger partial charge in [-0.15, -0.1) is 24.0 Å². The molecule has 6 heteroatoms. The molecule has 1 aliphatic rings. The van der Waals surface area contributed by atoms with E-state index in [4.69, 9.17) is 9.15 Å². The lowest BCUT2D eigenvalue weighted by Gasteiger charge is -2.40. The number of fused-ring (bicyclic) bond motifs is 1. The molecule has 3 unspecified atom stereocenters. The van der Waals surface area contributed by atoms with E-state index >= 15 is 0 Å². The molecule has 2 aromatic rings. The van der Waals surface area contributed by atoms with Crippen molar-refractivity contribution in [3.63, 3.8) is 0 Å². The summed E-state index contributed by atoms with van der Waals surface area (Å²) in [5.41, 5.74) is 1.06. The lowest BCUT2D eigenvalue weighted by molar-refractivity contribution is -0.0835. The van der Waals surface area contributed by atoms with E-state index in [9.17, 15) is 0 Å². The first-order chi connectivity index (χ1) is 12.9. The van der Waals surface area contributed by atoms with E-state index < -0.39 is 0 Å². The average Bonchev–Trinajstić information content (AvgIpc) is 3.09. The third-order valence-corrected chi connectivity index (χ3v) is 5.28. The van der Waals surface area contributed by atoms with E-state index in [1.165, 1.54) is 6.42 Å². The number of hydrogen-bond acceptors (Lipinski definition) is 3. The van der Waals surface area contributed by atoms with Crippen molar-refractivity contribution in [2.45, 2.75) is 52.7 Å². The van der Waals surface area contributed by atoms with Gasteiger partial charge in [-0.25, -0.2) is 0 Å². The van der Waals surface area contributed by atoms with E-state index in [1.54, 1.807) is 7.05 Å². The van der Waals surface area contributed by atoms with E-state index in [0.29, 0.717) is 5.92 Å². The molecule has 0 saturated carbocycles. The highest BCUT2D eigenvalue weighted by atomic mass is 127. The minimum Gasteiger partial charge on any atom is -0.459 e. The topological polar surface area (TPSA) is 58.8 Å². The molecule has 5 nitrogen and oxygen atoms in total. The number of aliphatic imine (C=N–C) groups is 1. The van der Waals surface area contributed by atoms with E-state index in [0.717, 1.165) is 42.3 Å². The smallest absolute Gasteiger partial charge is 0.191 e. The lowest BCUT2D eigenvalue weighted by Crippen LogP contribution is -2.47. The van der Waals surface area contributed by atoms with Crippen molar-refractivity contribution < 1.29 is 9.15 Å². The van der Waals surface area contributed by atoms with Crippen LogP contribution in [0.4, 0.5) is 0 Å². The Morgan fingerprint density at radius 3 is 2.71 bits per heavy atom. The van der Waals surface area contributed by atoms with Gasteiger partial charge in [0.05, 0.1) is 12.1 Å². The molecule has 1 aromatic heterocycles. The standard InChI is InChI=1S/C22H33N3O2.HI/c1-15(19-13-16-9-6-7-11-18(16)27-19)25-21(23-5)24-14-17-10-8-12-26-20(17)22(2,3)4;/h6-7,9,11,13,15,17,20H,8,10,12,14H2,1-5H3,(H2,23,24,25);1H. The Hall–Kier alpha value is -1.28. The van der Waals surface area contributed by atoms with Gasteiger partial charge in [0.25, 0.3) is 0 Å². The van der Waals surface area contributed by atoms with Gasteiger partial charge in [0.2, 0.25) is 0 Å². The van der Waals surface area contributed by atoms with Gasteiger partial charge in [0.15, 0.2) is 5.96 Å². The number of hydrogen-bond donors (Lipinski definition) is 2. The molecule has 156 valence electrons. The molecule has 3 atom stereocenters. The molecule has 2 heterocycles. The molecule has 0 bridgehead atoms. The SMILES string of the molecule is CN=C(NCC1CCCOC1C(C)(C)C)NC(C)c1cc2ccccc2o1.I. The molecule has 0 amide bonds. The van der Waals surface area contributed by atoms with Crippen LogP contribution in [-0.4, -0.2) is 32.3 Å². The van der Waals surface area contributed by atoms with Crippen LogP contribution in [0.2, 0.25) is 0 Å². The van der Waals surface area contributed by atoms with E-state index in [-0.39, 0.29) is 41.5 Å². The molecule has 0 radical (unpaired) electrons. The zero-order valence-electron chi connectivity index (χ0n) is 17.6. The summed E-state index contributed by atoms with van der Waals surface area (Å²) in [6.07, 6.45) is 2.58. The second kappa shape index (κ2) is 9.96. The van der Waals surface area contributed by atoms with Crippen molar-refractivity contribution in [3.05, 3.63) is 36.1 Å². The zero-order chi connectivity index (χ0) is 19.4.